The second kappa shape index (κ2) is 7.65. The number of nitro groups is 1. The van der Waals surface area contributed by atoms with E-state index in [1.165, 1.54) is 12.3 Å². The van der Waals surface area contributed by atoms with Crippen LogP contribution in [0.3, 0.4) is 0 Å². The fourth-order valence-electron chi connectivity index (χ4n) is 2.95. The van der Waals surface area contributed by atoms with Crippen molar-refractivity contribution in [2.24, 2.45) is 5.10 Å². The van der Waals surface area contributed by atoms with Gasteiger partial charge in [-0.05, 0) is 38.1 Å². The normalized spacial score (nSPS) is 10.9. The van der Waals surface area contributed by atoms with Crippen LogP contribution in [-0.2, 0) is 0 Å². The molecule has 27 heavy (non-hydrogen) atoms. The molecule has 1 heterocycles. The van der Waals surface area contributed by atoms with Gasteiger partial charge in [0.15, 0.2) is 0 Å². The summed E-state index contributed by atoms with van der Waals surface area (Å²) in [5.41, 5.74) is 5.86. The van der Waals surface area contributed by atoms with Crippen LogP contribution in [0.1, 0.15) is 27.3 Å². The van der Waals surface area contributed by atoms with Gasteiger partial charge in [-0.3, -0.25) is 14.9 Å². The second-order valence-corrected chi connectivity index (χ2v) is 5.97. The number of nitro benzene ring substituents is 1. The van der Waals surface area contributed by atoms with Gasteiger partial charge in [-0.1, -0.05) is 30.3 Å². The molecule has 0 aliphatic carbocycles. The lowest BCUT2D eigenvalue weighted by Crippen LogP contribution is -2.18. The highest BCUT2D eigenvalue weighted by atomic mass is 16.6. The van der Waals surface area contributed by atoms with E-state index in [0.717, 1.165) is 17.1 Å². The topological polar surface area (TPSA) is 89.5 Å². The summed E-state index contributed by atoms with van der Waals surface area (Å²) in [6.45, 7) is 3.79. The first-order chi connectivity index (χ1) is 13.0. The highest BCUT2D eigenvalue weighted by molar-refractivity contribution is 5.96. The van der Waals surface area contributed by atoms with Crippen molar-refractivity contribution in [3.63, 3.8) is 0 Å². The van der Waals surface area contributed by atoms with Crippen LogP contribution in [0.15, 0.2) is 65.8 Å². The van der Waals surface area contributed by atoms with Gasteiger partial charge in [-0.15, -0.1) is 0 Å². The van der Waals surface area contributed by atoms with Crippen molar-refractivity contribution in [3.05, 3.63) is 93.3 Å². The Hall–Kier alpha value is -3.74. The fourth-order valence-corrected chi connectivity index (χ4v) is 2.95. The van der Waals surface area contributed by atoms with Gasteiger partial charge in [-0.25, -0.2) is 5.43 Å². The van der Waals surface area contributed by atoms with Gasteiger partial charge in [0, 0.05) is 23.1 Å². The summed E-state index contributed by atoms with van der Waals surface area (Å²) >= 11 is 0. The largest absolute Gasteiger partial charge is 0.318 e. The Morgan fingerprint density at radius 3 is 2.48 bits per heavy atom. The van der Waals surface area contributed by atoms with Gasteiger partial charge in [0.2, 0.25) is 0 Å². The van der Waals surface area contributed by atoms with Crippen molar-refractivity contribution >= 4 is 17.8 Å². The summed E-state index contributed by atoms with van der Waals surface area (Å²) in [5.74, 6) is -0.375. The highest BCUT2D eigenvalue weighted by Crippen LogP contribution is 2.20. The maximum Gasteiger partial charge on any atom is 0.278 e. The molecule has 1 N–H and O–H groups in total. The molecule has 0 fully saturated rings. The van der Waals surface area contributed by atoms with E-state index in [4.69, 9.17) is 0 Å². The van der Waals surface area contributed by atoms with Crippen LogP contribution < -0.4 is 5.43 Å². The number of benzene rings is 2. The van der Waals surface area contributed by atoms with Crippen LogP contribution in [0.25, 0.3) is 5.69 Å². The minimum atomic E-state index is -0.489. The van der Waals surface area contributed by atoms with Crippen molar-refractivity contribution in [3.8, 4) is 5.69 Å². The number of aryl methyl sites for hydroxylation is 1. The molecule has 3 aromatic rings. The minimum absolute atomic E-state index is 0.0715. The smallest absolute Gasteiger partial charge is 0.278 e. The molecule has 0 aliphatic heterocycles. The molecule has 1 aromatic heterocycles. The standard InChI is InChI=1S/C20H18N4O3/c1-14-12-18(15(2)23(14)17-9-4-3-5-10-17)20(25)22-21-13-16-8-6-7-11-19(16)24(26)27/h3-13H,1-2H3,(H,22,25). The third kappa shape index (κ3) is 3.77. The predicted octanol–water partition coefficient (Wildman–Crippen LogP) is 3.77. The van der Waals surface area contributed by atoms with Crippen molar-refractivity contribution in [2.75, 3.05) is 0 Å². The molecule has 7 heteroatoms. The zero-order valence-corrected chi connectivity index (χ0v) is 14.9. The van der Waals surface area contributed by atoms with Gasteiger partial charge >= 0.3 is 0 Å². The average Bonchev–Trinajstić information content (AvgIpc) is 2.97. The van der Waals surface area contributed by atoms with E-state index in [1.807, 2.05) is 48.7 Å². The van der Waals surface area contributed by atoms with Crippen LogP contribution in [0.4, 0.5) is 5.69 Å². The lowest BCUT2D eigenvalue weighted by Gasteiger charge is -2.09. The molecule has 0 aliphatic rings. The summed E-state index contributed by atoms with van der Waals surface area (Å²) in [7, 11) is 0. The Labute approximate surface area is 156 Å². The summed E-state index contributed by atoms with van der Waals surface area (Å²) in [4.78, 5) is 23.0. The number of hydrazone groups is 1. The molecule has 0 saturated heterocycles. The number of nitrogens with one attached hydrogen (secondary N) is 1. The molecule has 0 saturated carbocycles. The summed E-state index contributed by atoms with van der Waals surface area (Å²) in [5, 5.41) is 14.9. The van der Waals surface area contributed by atoms with Crippen molar-refractivity contribution in [1.29, 1.82) is 0 Å². The van der Waals surface area contributed by atoms with E-state index < -0.39 is 4.92 Å². The number of carbonyl (C=O) groups is 1. The van der Waals surface area contributed by atoms with E-state index in [9.17, 15) is 14.9 Å². The maximum atomic E-state index is 12.5. The molecule has 1 amide bonds. The predicted molar refractivity (Wildman–Crippen MR) is 103 cm³/mol. The summed E-state index contributed by atoms with van der Waals surface area (Å²) in [6.07, 6.45) is 1.27. The second-order valence-electron chi connectivity index (χ2n) is 5.97. The van der Waals surface area contributed by atoms with Crippen molar-refractivity contribution < 1.29 is 9.72 Å². The molecule has 0 unspecified atom stereocenters. The van der Waals surface area contributed by atoms with Gasteiger partial charge in [-0.2, -0.15) is 5.10 Å². The molecule has 0 radical (unpaired) electrons. The molecule has 136 valence electrons. The van der Waals surface area contributed by atoms with E-state index in [2.05, 4.69) is 10.5 Å². The van der Waals surface area contributed by atoms with Crippen LogP contribution in [0.5, 0.6) is 0 Å². The van der Waals surface area contributed by atoms with Crippen molar-refractivity contribution in [2.45, 2.75) is 13.8 Å². The summed E-state index contributed by atoms with van der Waals surface area (Å²) < 4.78 is 1.99. The van der Waals surface area contributed by atoms with E-state index >= 15 is 0 Å². The van der Waals surface area contributed by atoms with Crippen LogP contribution in [-0.4, -0.2) is 21.6 Å². The highest BCUT2D eigenvalue weighted by Gasteiger charge is 2.16. The van der Waals surface area contributed by atoms with E-state index in [1.54, 1.807) is 24.3 Å². The number of nitrogens with zero attached hydrogens (tertiary/aromatic N) is 3. The molecule has 7 nitrogen and oxygen atoms in total. The number of carbonyl (C=O) groups excluding carboxylic acids is 1. The van der Waals surface area contributed by atoms with Gasteiger partial charge in [0.1, 0.15) is 0 Å². The first-order valence-corrected chi connectivity index (χ1v) is 8.30. The first-order valence-electron chi connectivity index (χ1n) is 8.30. The van der Waals surface area contributed by atoms with Gasteiger partial charge < -0.3 is 4.57 Å². The van der Waals surface area contributed by atoms with Crippen LogP contribution in [0.2, 0.25) is 0 Å². The van der Waals surface area contributed by atoms with Crippen LogP contribution >= 0.6 is 0 Å². The average molecular weight is 362 g/mol. The van der Waals surface area contributed by atoms with Crippen molar-refractivity contribution in [1.82, 2.24) is 9.99 Å². The third-order valence-electron chi connectivity index (χ3n) is 4.19. The zero-order chi connectivity index (χ0) is 19.4. The Bertz CT molecular complexity index is 1020. The number of rotatable bonds is 5. The third-order valence-corrected chi connectivity index (χ3v) is 4.19. The lowest BCUT2D eigenvalue weighted by molar-refractivity contribution is -0.385. The number of amides is 1. The molecule has 2 aromatic carbocycles. The monoisotopic (exact) mass is 362 g/mol. The Morgan fingerprint density at radius 1 is 1.11 bits per heavy atom. The molecule has 3 rings (SSSR count). The number of hydrogen-bond acceptors (Lipinski definition) is 4. The lowest BCUT2D eigenvalue weighted by atomic mass is 10.2. The van der Waals surface area contributed by atoms with Crippen LogP contribution in [0, 0.1) is 24.0 Å². The summed E-state index contributed by atoms with van der Waals surface area (Å²) in [6, 6.07) is 17.7. The molecular formula is C20H18N4O3. The molecule has 0 atom stereocenters. The Morgan fingerprint density at radius 2 is 1.78 bits per heavy atom. The Balaban J connectivity index is 1.81. The number of para-hydroxylation sites is 2. The maximum absolute atomic E-state index is 12.5. The minimum Gasteiger partial charge on any atom is -0.318 e. The van der Waals surface area contributed by atoms with E-state index in [-0.39, 0.29) is 11.6 Å². The quantitative estimate of drug-likeness (QED) is 0.426. The number of aromatic nitrogens is 1. The van der Waals surface area contributed by atoms with Gasteiger partial charge in [0.05, 0.1) is 22.3 Å². The zero-order valence-electron chi connectivity index (χ0n) is 14.9. The SMILES string of the molecule is Cc1cc(C(=O)NN=Cc2ccccc2[N+](=O)[O-])c(C)n1-c1ccccc1. The molecule has 0 bridgehead atoms. The molecule has 0 spiro atoms. The molecular weight excluding hydrogens is 344 g/mol. The fraction of sp³-hybridized carbons (Fsp3) is 0.100. The first kappa shape index (κ1) is 18.1. The number of hydrogen-bond donors (Lipinski definition) is 1. The van der Waals surface area contributed by atoms with E-state index in [0.29, 0.717) is 11.1 Å². The van der Waals surface area contributed by atoms with Gasteiger partial charge in [0.25, 0.3) is 11.6 Å². The Kier molecular flexibility index (Phi) is 5.12.